The number of aliphatic hydroxyl groups is 1. The van der Waals surface area contributed by atoms with Crippen molar-refractivity contribution in [3.8, 4) is 0 Å². The van der Waals surface area contributed by atoms with Gasteiger partial charge in [0.2, 0.25) is 11.8 Å². The summed E-state index contributed by atoms with van der Waals surface area (Å²) in [7, 11) is 0. The minimum Gasteiger partial charge on any atom is -0.444 e. The molecule has 1 aliphatic rings. The Hall–Kier alpha value is -2.68. The minimum absolute atomic E-state index is 0. The molecule has 0 aromatic carbocycles. The number of nitrogens with zero attached hydrogens (tertiary/aromatic N) is 2. The minimum atomic E-state index is -1.15. The molecule has 9 nitrogen and oxygen atoms in total. The molecule has 0 radical (unpaired) electrons. The van der Waals surface area contributed by atoms with Crippen molar-refractivity contribution in [3.05, 3.63) is 30.1 Å². The fourth-order valence-electron chi connectivity index (χ4n) is 3.50. The number of hydrogen-bond acceptors (Lipinski definition) is 6. The number of ether oxygens (including phenoxy) is 1. The number of amides is 3. The molecule has 0 aliphatic carbocycles. The summed E-state index contributed by atoms with van der Waals surface area (Å²) >= 11 is 0. The van der Waals surface area contributed by atoms with Crippen molar-refractivity contribution in [2.45, 2.75) is 84.5 Å². The molecular weight excluding hydrogens is 424 g/mol. The van der Waals surface area contributed by atoms with Gasteiger partial charge < -0.3 is 25.4 Å². The number of likely N-dealkylation sites (tertiary alicyclic amines) is 1. The van der Waals surface area contributed by atoms with E-state index in [0.29, 0.717) is 38.0 Å². The van der Waals surface area contributed by atoms with Crippen molar-refractivity contribution in [2.24, 2.45) is 0 Å². The number of aliphatic hydroxyl groups excluding tert-OH is 1. The molecule has 2 heterocycles. The van der Waals surface area contributed by atoms with Crippen LogP contribution in [-0.2, 0) is 14.3 Å². The molecule has 1 aromatic heterocycles. The standard InChI is InChI=1S/C23H36N4O5.CH4/c1-23(2,3)32-22(31)25-12-6-4-5-9-18(28)26-19(21(30)27-15-7-8-16-27)20(29)17-10-13-24-14-11-17;/h10-11,13-14,19-20,29H,4-9,12,15-16H2,1-3H3,(H,25,31)(H,26,28);1H4/t19-,20+;/m1./s1. The van der Waals surface area contributed by atoms with E-state index in [1.807, 2.05) is 0 Å². The second kappa shape index (κ2) is 13.8. The van der Waals surface area contributed by atoms with Crippen molar-refractivity contribution in [3.63, 3.8) is 0 Å². The van der Waals surface area contributed by atoms with Gasteiger partial charge in [-0.3, -0.25) is 14.6 Å². The fourth-order valence-corrected chi connectivity index (χ4v) is 3.50. The van der Waals surface area contributed by atoms with Gasteiger partial charge in [0.25, 0.3) is 0 Å². The third-order valence-electron chi connectivity index (χ3n) is 5.11. The number of hydrogen-bond donors (Lipinski definition) is 3. The van der Waals surface area contributed by atoms with Crippen molar-refractivity contribution in [1.82, 2.24) is 20.5 Å². The first kappa shape index (κ1) is 28.4. The normalized spacial score (nSPS) is 15.2. The molecule has 3 N–H and O–H groups in total. The largest absolute Gasteiger partial charge is 0.444 e. The van der Waals surface area contributed by atoms with E-state index in [1.54, 1.807) is 50.2 Å². The Labute approximate surface area is 197 Å². The van der Waals surface area contributed by atoms with E-state index in [2.05, 4.69) is 15.6 Å². The summed E-state index contributed by atoms with van der Waals surface area (Å²) in [6.07, 6.45) is 5.63. The maximum Gasteiger partial charge on any atom is 0.407 e. The molecule has 2 rings (SSSR count). The van der Waals surface area contributed by atoms with Crippen LogP contribution in [-0.4, -0.2) is 64.2 Å². The molecular formula is C24H40N4O5. The Morgan fingerprint density at radius 2 is 1.76 bits per heavy atom. The third kappa shape index (κ3) is 10.2. The van der Waals surface area contributed by atoms with Crippen molar-refractivity contribution in [1.29, 1.82) is 0 Å². The van der Waals surface area contributed by atoms with Gasteiger partial charge in [-0.15, -0.1) is 0 Å². The Kier molecular flexibility index (Phi) is 11.8. The average molecular weight is 465 g/mol. The Morgan fingerprint density at radius 3 is 2.36 bits per heavy atom. The number of aromatic nitrogens is 1. The van der Waals surface area contributed by atoms with Crippen LogP contribution in [0.15, 0.2) is 24.5 Å². The van der Waals surface area contributed by atoms with E-state index >= 15 is 0 Å². The Morgan fingerprint density at radius 1 is 1.12 bits per heavy atom. The summed E-state index contributed by atoms with van der Waals surface area (Å²) in [5, 5.41) is 16.2. The molecule has 1 fully saturated rings. The van der Waals surface area contributed by atoms with Gasteiger partial charge in [0, 0.05) is 38.4 Å². The first-order valence-electron chi connectivity index (χ1n) is 11.3. The van der Waals surface area contributed by atoms with Gasteiger partial charge in [0.15, 0.2) is 0 Å². The number of pyridine rings is 1. The predicted octanol–water partition coefficient (Wildman–Crippen LogP) is 2.94. The van der Waals surface area contributed by atoms with Crippen LogP contribution >= 0.6 is 0 Å². The van der Waals surface area contributed by atoms with E-state index in [0.717, 1.165) is 19.3 Å². The van der Waals surface area contributed by atoms with E-state index in [-0.39, 0.29) is 25.7 Å². The third-order valence-corrected chi connectivity index (χ3v) is 5.11. The lowest BCUT2D eigenvalue weighted by atomic mass is 10.0. The maximum atomic E-state index is 13.0. The zero-order valence-corrected chi connectivity index (χ0v) is 19.3. The molecule has 0 unspecified atom stereocenters. The molecule has 186 valence electrons. The summed E-state index contributed by atoms with van der Waals surface area (Å²) in [5.74, 6) is -0.544. The number of rotatable bonds is 10. The molecule has 9 heteroatoms. The van der Waals surface area contributed by atoms with Crippen LogP contribution < -0.4 is 10.6 Å². The summed E-state index contributed by atoms with van der Waals surface area (Å²) in [4.78, 5) is 42.7. The number of unbranched alkanes of at least 4 members (excludes halogenated alkanes) is 2. The van der Waals surface area contributed by atoms with Crippen LogP contribution in [0.1, 0.15) is 78.4 Å². The molecule has 0 spiro atoms. The molecule has 1 aromatic rings. The number of carbonyl (C=O) groups excluding carboxylic acids is 3. The van der Waals surface area contributed by atoms with Crippen LogP contribution in [0, 0.1) is 0 Å². The monoisotopic (exact) mass is 464 g/mol. The zero-order chi connectivity index (χ0) is 23.6. The molecule has 0 saturated carbocycles. The van der Waals surface area contributed by atoms with Gasteiger partial charge in [0.1, 0.15) is 17.7 Å². The highest BCUT2D eigenvalue weighted by Crippen LogP contribution is 2.20. The van der Waals surface area contributed by atoms with Gasteiger partial charge in [-0.1, -0.05) is 13.8 Å². The SMILES string of the molecule is C.CC(C)(C)OC(=O)NCCCCCC(=O)N[C@@H](C(=O)N1CCCC1)[C@@H](O)c1ccncc1. The lowest BCUT2D eigenvalue weighted by Gasteiger charge is -2.28. The van der Waals surface area contributed by atoms with Gasteiger partial charge in [0.05, 0.1) is 0 Å². The fraction of sp³-hybridized carbons (Fsp3) is 0.667. The first-order valence-corrected chi connectivity index (χ1v) is 11.3. The summed E-state index contributed by atoms with van der Waals surface area (Å²) in [5.41, 5.74) is -0.00228. The predicted molar refractivity (Wildman–Crippen MR) is 126 cm³/mol. The Balaban J connectivity index is 0.00000544. The van der Waals surface area contributed by atoms with Crippen molar-refractivity contribution >= 4 is 17.9 Å². The second-order valence-electron chi connectivity index (χ2n) is 9.04. The van der Waals surface area contributed by atoms with Crippen LogP contribution in [0.4, 0.5) is 4.79 Å². The van der Waals surface area contributed by atoms with Crippen LogP contribution in [0.5, 0.6) is 0 Å². The van der Waals surface area contributed by atoms with Gasteiger partial charge in [-0.2, -0.15) is 0 Å². The molecule has 1 aliphatic heterocycles. The highest BCUT2D eigenvalue weighted by molar-refractivity contribution is 5.88. The lowest BCUT2D eigenvalue weighted by molar-refractivity contribution is -0.139. The second-order valence-corrected chi connectivity index (χ2v) is 9.04. The van der Waals surface area contributed by atoms with Gasteiger partial charge in [-0.05, 0) is 64.2 Å². The summed E-state index contributed by atoms with van der Waals surface area (Å²) in [6.45, 7) is 7.15. The Bertz CT molecular complexity index is 745. The maximum absolute atomic E-state index is 13.0. The van der Waals surface area contributed by atoms with Gasteiger partial charge >= 0.3 is 6.09 Å². The van der Waals surface area contributed by atoms with Crippen molar-refractivity contribution in [2.75, 3.05) is 19.6 Å². The van der Waals surface area contributed by atoms with E-state index < -0.39 is 23.8 Å². The van der Waals surface area contributed by atoms with Crippen molar-refractivity contribution < 1.29 is 24.2 Å². The molecule has 33 heavy (non-hydrogen) atoms. The zero-order valence-electron chi connectivity index (χ0n) is 19.3. The van der Waals surface area contributed by atoms with Crippen LogP contribution in [0.3, 0.4) is 0 Å². The highest BCUT2D eigenvalue weighted by atomic mass is 16.6. The quantitative estimate of drug-likeness (QED) is 0.458. The lowest BCUT2D eigenvalue weighted by Crippen LogP contribution is -2.51. The highest BCUT2D eigenvalue weighted by Gasteiger charge is 2.34. The smallest absolute Gasteiger partial charge is 0.407 e. The van der Waals surface area contributed by atoms with Gasteiger partial charge in [-0.25, -0.2) is 4.79 Å². The number of alkyl carbamates (subject to hydrolysis) is 1. The number of nitrogens with one attached hydrogen (secondary N) is 2. The molecule has 1 saturated heterocycles. The number of carbonyl (C=O) groups is 3. The summed E-state index contributed by atoms with van der Waals surface area (Å²) in [6, 6.07) is 2.24. The molecule has 2 atom stereocenters. The van der Waals surface area contributed by atoms with E-state index in [4.69, 9.17) is 4.74 Å². The van der Waals surface area contributed by atoms with Crippen LogP contribution in [0.2, 0.25) is 0 Å². The average Bonchev–Trinajstić information content (AvgIpc) is 3.28. The molecule has 3 amide bonds. The van der Waals surface area contributed by atoms with E-state index in [9.17, 15) is 19.5 Å². The molecule has 0 bridgehead atoms. The van der Waals surface area contributed by atoms with E-state index in [1.165, 1.54) is 0 Å². The van der Waals surface area contributed by atoms with Crippen LogP contribution in [0.25, 0.3) is 0 Å². The topological polar surface area (TPSA) is 121 Å². The first-order chi connectivity index (χ1) is 15.2. The summed E-state index contributed by atoms with van der Waals surface area (Å²) < 4.78 is 5.17.